The Hall–Kier alpha value is -4.58. The summed E-state index contributed by atoms with van der Waals surface area (Å²) in [5.74, 6) is 0.0904. The minimum absolute atomic E-state index is 0.0513. The van der Waals surface area contributed by atoms with E-state index in [0.29, 0.717) is 35.9 Å². The van der Waals surface area contributed by atoms with Crippen LogP contribution in [-0.2, 0) is 13.2 Å². The third-order valence-electron chi connectivity index (χ3n) is 7.52. The number of nitrogens with one attached hydrogen (secondary N) is 3. The van der Waals surface area contributed by atoms with Crippen LogP contribution in [0, 0.1) is 6.92 Å². The fourth-order valence-corrected chi connectivity index (χ4v) is 5.20. The molecule has 2 aromatic carbocycles. The van der Waals surface area contributed by atoms with Crippen molar-refractivity contribution in [3.63, 3.8) is 0 Å². The van der Waals surface area contributed by atoms with Gasteiger partial charge in [-0.05, 0) is 55.9 Å². The zero-order valence-electron chi connectivity index (χ0n) is 22.8. The Morgan fingerprint density at radius 1 is 0.976 bits per heavy atom. The summed E-state index contributed by atoms with van der Waals surface area (Å²) in [5, 5.41) is 11.2. The Morgan fingerprint density at radius 3 is 2.51 bits per heavy atom. The van der Waals surface area contributed by atoms with E-state index in [9.17, 15) is 18.0 Å². The minimum atomic E-state index is -4.58. The van der Waals surface area contributed by atoms with Gasteiger partial charge in [0.1, 0.15) is 5.82 Å². The number of aryl methyl sites for hydroxylation is 2. The van der Waals surface area contributed by atoms with Crippen LogP contribution in [0.3, 0.4) is 0 Å². The lowest BCUT2D eigenvalue weighted by atomic mass is 10.1. The highest BCUT2D eigenvalue weighted by Crippen LogP contribution is 2.34. The summed E-state index contributed by atoms with van der Waals surface area (Å²) >= 11 is 0. The normalized spacial score (nSPS) is 14.6. The number of fused-ring (bicyclic) bond motifs is 3. The molecule has 0 saturated carbocycles. The maximum atomic E-state index is 13.8. The van der Waals surface area contributed by atoms with Crippen molar-refractivity contribution in [2.24, 2.45) is 7.05 Å². The second kappa shape index (κ2) is 10.1. The van der Waals surface area contributed by atoms with E-state index < -0.39 is 17.6 Å². The van der Waals surface area contributed by atoms with Crippen molar-refractivity contribution in [1.29, 1.82) is 0 Å². The van der Waals surface area contributed by atoms with Crippen molar-refractivity contribution in [3.05, 3.63) is 71.5 Å². The van der Waals surface area contributed by atoms with Crippen molar-refractivity contribution in [1.82, 2.24) is 24.6 Å². The van der Waals surface area contributed by atoms with E-state index in [4.69, 9.17) is 0 Å². The lowest BCUT2D eigenvalue weighted by Gasteiger charge is -2.34. The number of rotatable bonds is 5. The predicted octanol–water partition coefficient (Wildman–Crippen LogP) is 5.52. The molecule has 0 bridgehead atoms. The first kappa shape index (κ1) is 26.6. The number of carbonyl (C=O) groups excluding carboxylic acids is 1. The van der Waals surface area contributed by atoms with Crippen LogP contribution in [0.15, 0.2) is 54.9 Å². The van der Waals surface area contributed by atoms with Gasteiger partial charge in [-0.2, -0.15) is 13.2 Å². The average molecular weight is 563 g/mol. The fourth-order valence-electron chi connectivity index (χ4n) is 5.20. The number of aromatic amines is 1. The molecule has 1 fully saturated rings. The number of alkyl halides is 3. The molecule has 0 aliphatic carbocycles. The zero-order valence-corrected chi connectivity index (χ0v) is 22.8. The molecule has 1 aliphatic rings. The summed E-state index contributed by atoms with van der Waals surface area (Å²) in [6.07, 6.45) is -1.12. The molecule has 1 saturated heterocycles. The molecule has 3 aromatic heterocycles. The van der Waals surface area contributed by atoms with Gasteiger partial charge in [-0.15, -0.1) is 0 Å². The Bertz CT molecular complexity index is 1770. The fraction of sp³-hybridized carbons (Fsp3) is 0.276. The maximum absolute atomic E-state index is 13.8. The van der Waals surface area contributed by atoms with E-state index in [1.165, 1.54) is 6.07 Å². The predicted molar refractivity (Wildman–Crippen MR) is 154 cm³/mol. The monoisotopic (exact) mass is 562 g/mol. The molecule has 0 unspecified atom stereocenters. The number of halogens is 3. The summed E-state index contributed by atoms with van der Waals surface area (Å²) in [7, 11) is 3.87. The van der Waals surface area contributed by atoms with Gasteiger partial charge >= 0.3 is 6.18 Å². The Morgan fingerprint density at radius 2 is 1.76 bits per heavy atom. The first-order valence-corrected chi connectivity index (χ1v) is 13.2. The molecule has 0 atom stereocenters. The maximum Gasteiger partial charge on any atom is 0.416 e. The summed E-state index contributed by atoms with van der Waals surface area (Å²) in [6, 6.07) is 10.8. The molecular formula is C29H29F3N8O. The van der Waals surface area contributed by atoms with Crippen molar-refractivity contribution in [3.8, 4) is 0 Å². The topological polar surface area (TPSA) is 94.1 Å². The van der Waals surface area contributed by atoms with Crippen LogP contribution in [0.25, 0.3) is 21.9 Å². The Labute approximate surface area is 234 Å². The van der Waals surface area contributed by atoms with Crippen molar-refractivity contribution in [2.45, 2.75) is 13.1 Å². The molecule has 4 heterocycles. The lowest BCUT2D eigenvalue weighted by molar-refractivity contribution is -0.137. The van der Waals surface area contributed by atoms with E-state index in [-0.39, 0.29) is 5.56 Å². The van der Waals surface area contributed by atoms with Gasteiger partial charge in [0.2, 0.25) is 0 Å². The standard InChI is InChI=1S/C29H29F3N8O/c1-17-4-5-20(15-24(17)36-27-23-16-34-26-22(6-7-33-26)25(23)39(3)37-27)35-28(41)18-12-19(29(30,31)32)14-21(13-18)40-10-8-38(2)9-11-40/h4-7,12-16,36-37H,8-11H2,1-3H3,(H,35,41). The van der Waals surface area contributed by atoms with Crippen LogP contribution in [-0.4, -0.2) is 63.8 Å². The zero-order chi connectivity index (χ0) is 28.9. The van der Waals surface area contributed by atoms with Gasteiger partial charge in [0, 0.05) is 73.6 Å². The van der Waals surface area contributed by atoms with Gasteiger partial charge in [-0.1, -0.05) is 6.07 Å². The largest absolute Gasteiger partial charge is 0.416 e. The molecule has 0 spiro atoms. The van der Waals surface area contributed by atoms with Crippen LogP contribution >= 0.6 is 0 Å². The van der Waals surface area contributed by atoms with Crippen LogP contribution in [0.2, 0.25) is 0 Å². The number of amides is 1. The third-order valence-corrected chi connectivity index (χ3v) is 7.52. The Kier molecular flexibility index (Phi) is 6.57. The third kappa shape index (κ3) is 5.18. The number of benzene rings is 2. The summed E-state index contributed by atoms with van der Waals surface area (Å²) in [4.78, 5) is 26.0. The second-order valence-electron chi connectivity index (χ2n) is 10.4. The van der Waals surface area contributed by atoms with Gasteiger partial charge in [0.05, 0.1) is 16.5 Å². The number of hydrogen-bond acceptors (Lipinski definition) is 6. The van der Waals surface area contributed by atoms with Crippen molar-refractivity contribution < 1.29 is 18.0 Å². The SMILES string of the molecule is Cc1ccc(NC(=O)c2cc(N3CCN(C)CC3)cc(C(F)(F)F)c2)cc1Nc1[nH]n(C)c2c1cnc1nccc12. The van der Waals surface area contributed by atoms with Gasteiger partial charge in [-0.25, -0.2) is 9.97 Å². The molecule has 0 radical (unpaired) electrons. The first-order chi connectivity index (χ1) is 19.6. The van der Waals surface area contributed by atoms with Gasteiger partial charge < -0.3 is 20.4 Å². The number of aromatic nitrogens is 4. The molecule has 9 nitrogen and oxygen atoms in total. The van der Waals surface area contributed by atoms with Crippen molar-refractivity contribution in [2.75, 3.05) is 48.8 Å². The highest BCUT2D eigenvalue weighted by Gasteiger charge is 2.32. The van der Waals surface area contributed by atoms with Gasteiger partial charge in [-0.3, -0.25) is 14.6 Å². The number of nitrogens with zero attached hydrogens (tertiary/aromatic N) is 5. The lowest BCUT2D eigenvalue weighted by Crippen LogP contribution is -2.44. The molecule has 1 aliphatic heterocycles. The minimum Gasteiger partial charge on any atom is -0.369 e. The van der Waals surface area contributed by atoms with E-state index >= 15 is 0 Å². The van der Waals surface area contributed by atoms with Gasteiger partial charge in [0.15, 0.2) is 5.65 Å². The molecule has 212 valence electrons. The number of carbonyl (C=O) groups is 1. The average Bonchev–Trinajstić information content (AvgIpc) is 3.54. The number of piperazine rings is 1. The van der Waals surface area contributed by atoms with E-state index in [0.717, 1.165) is 52.8 Å². The quantitative estimate of drug-likeness (QED) is 0.261. The summed E-state index contributed by atoms with van der Waals surface area (Å²) in [6.45, 7) is 4.55. The highest BCUT2D eigenvalue weighted by atomic mass is 19.4. The smallest absolute Gasteiger partial charge is 0.369 e. The Balaban J connectivity index is 1.28. The number of hydrogen-bond donors (Lipinski definition) is 3. The number of pyridine rings is 1. The number of H-pyrrole nitrogens is 1. The van der Waals surface area contributed by atoms with Gasteiger partial charge in [0.25, 0.3) is 5.91 Å². The van der Waals surface area contributed by atoms with E-state index in [2.05, 4.69) is 30.6 Å². The van der Waals surface area contributed by atoms with Crippen LogP contribution in [0.5, 0.6) is 0 Å². The molecule has 5 aromatic rings. The second-order valence-corrected chi connectivity index (χ2v) is 10.4. The molecule has 12 heteroatoms. The van der Waals surface area contributed by atoms with Crippen LogP contribution in [0.4, 0.5) is 36.1 Å². The molecule has 6 rings (SSSR count). The molecule has 3 N–H and O–H groups in total. The van der Waals surface area contributed by atoms with E-state index in [1.54, 1.807) is 24.5 Å². The first-order valence-electron chi connectivity index (χ1n) is 13.2. The molecule has 41 heavy (non-hydrogen) atoms. The summed E-state index contributed by atoms with van der Waals surface area (Å²) in [5.41, 5.74) is 3.16. The molecular weight excluding hydrogens is 533 g/mol. The molecule has 1 amide bonds. The van der Waals surface area contributed by atoms with Crippen molar-refractivity contribution >= 4 is 50.7 Å². The number of likely N-dealkylation sites (N-methyl/N-ethyl adjacent to an activating group) is 1. The van der Waals surface area contributed by atoms with Crippen LogP contribution < -0.4 is 15.5 Å². The highest BCUT2D eigenvalue weighted by molar-refractivity contribution is 6.07. The number of anilines is 4. The van der Waals surface area contributed by atoms with E-state index in [1.807, 2.05) is 42.7 Å². The van der Waals surface area contributed by atoms with Crippen LogP contribution in [0.1, 0.15) is 21.5 Å². The summed E-state index contributed by atoms with van der Waals surface area (Å²) < 4.78 is 43.2.